The third-order valence-corrected chi connectivity index (χ3v) is 1.71. The monoisotopic (exact) mass is 170 g/mol. The van der Waals surface area contributed by atoms with Gasteiger partial charge in [0.15, 0.2) is 0 Å². The van der Waals surface area contributed by atoms with Gasteiger partial charge in [-0.2, -0.15) is 0 Å². The van der Waals surface area contributed by atoms with Gasteiger partial charge in [-0.1, -0.05) is 30.3 Å². The maximum atomic E-state index is 9.27. The van der Waals surface area contributed by atoms with Gasteiger partial charge < -0.3 is 10.2 Å². The van der Waals surface area contributed by atoms with Crippen molar-refractivity contribution in [3.8, 4) is 0 Å². The number of rotatable bonds is 2. The minimum Gasteiger partial charge on any atom is -0.385 e. The lowest BCUT2D eigenvalue weighted by Gasteiger charge is -2.12. The van der Waals surface area contributed by atoms with Crippen LogP contribution in [-0.4, -0.2) is 15.6 Å². The Morgan fingerprint density at radius 1 is 1.09 bits per heavy atom. The summed E-state index contributed by atoms with van der Waals surface area (Å²) in [6.07, 6.45) is -0.903. The summed E-state index contributed by atoms with van der Waals surface area (Å²) in [6.45, 7) is 0. The van der Waals surface area contributed by atoms with E-state index in [4.69, 9.17) is 5.11 Å². The number of hydrogen-bond donors (Lipinski definition) is 3. The molecule has 0 saturated carbocycles. The first-order valence-electron chi connectivity index (χ1n) is 3.31. The molecule has 11 heavy (non-hydrogen) atoms. The van der Waals surface area contributed by atoms with Crippen LogP contribution < -0.4 is 0 Å². The molecule has 1 aromatic carbocycles. The van der Waals surface area contributed by atoms with Crippen molar-refractivity contribution in [3.05, 3.63) is 35.9 Å². The van der Waals surface area contributed by atoms with Crippen molar-refractivity contribution in [3.63, 3.8) is 0 Å². The van der Waals surface area contributed by atoms with Gasteiger partial charge in [0.05, 0.1) is 0 Å². The summed E-state index contributed by atoms with van der Waals surface area (Å²) in [5.74, 6) is 0. The van der Waals surface area contributed by atoms with Gasteiger partial charge >= 0.3 is 0 Å². The third-order valence-electron chi connectivity index (χ3n) is 1.42. The predicted molar refractivity (Wildman–Crippen MR) is 46.4 cm³/mol. The molecule has 2 atom stereocenters. The Balaban J connectivity index is 2.77. The van der Waals surface area contributed by atoms with Crippen LogP contribution in [0.2, 0.25) is 0 Å². The second-order valence-corrected chi connectivity index (χ2v) is 2.80. The molecule has 0 heterocycles. The molecule has 0 aromatic heterocycles. The van der Waals surface area contributed by atoms with Crippen LogP contribution in [0.25, 0.3) is 0 Å². The van der Waals surface area contributed by atoms with Crippen LogP contribution in [0.3, 0.4) is 0 Å². The fourth-order valence-corrected chi connectivity index (χ4v) is 0.994. The highest BCUT2D eigenvalue weighted by molar-refractivity contribution is 7.80. The maximum absolute atomic E-state index is 9.27. The lowest BCUT2D eigenvalue weighted by atomic mass is 10.1. The van der Waals surface area contributed by atoms with Gasteiger partial charge in [0.25, 0.3) is 0 Å². The average molecular weight is 170 g/mol. The second kappa shape index (κ2) is 3.76. The van der Waals surface area contributed by atoms with E-state index in [1.165, 1.54) is 0 Å². The van der Waals surface area contributed by atoms with Crippen LogP contribution in [0.1, 0.15) is 11.7 Å². The average Bonchev–Trinajstić information content (AvgIpc) is 2.05. The van der Waals surface area contributed by atoms with E-state index in [1.807, 2.05) is 6.07 Å². The molecule has 3 heteroatoms. The first-order valence-corrected chi connectivity index (χ1v) is 3.82. The highest BCUT2D eigenvalue weighted by atomic mass is 32.1. The van der Waals surface area contributed by atoms with Gasteiger partial charge in [0.2, 0.25) is 0 Å². The van der Waals surface area contributed by atoms with Gasteiger partial charge in [-0.3, -0.25) is 0 Å². The summed E-state index contributed by atoms with van der Waals surface area (Å²) >= 11 is 3.71. The SMILES string of the molecule is OC(S)C(O)c1ccccc1. The summed E-state index contributed by atoms with van der Waals surface area (Å²) in [4.78, 5) is 0. The van der Waals surface area contributed by atoms with E-state index < -0.39 is 11.5 Å². The fourth-order valence-electron chi connectivity index (χ4n) is 0.822. The van der Waals surface area contributed by atoms with Gasteiger partial charge in [-0.05, 0) is 5.56 Å². The minimum absolute atomic E-state index is 0.676. The van der Waals surface area contributed by atoms with Crippen LogP contribution in [0, 0.1) is 0 Å². The normalized spacial score (nSPS) is 15.9. The quantitative estimate of drug-likeness (QED) is 0.457. The van der Waals surface area contributed by atoms with Crippen LogP contribution in [0.15, 0.2) is 30.3 Å². The van der Waals surface area contributed by atoms with E-state index in [-0.39, 0.29) is 0 Å². The summed E-state index contributed by atoms with van der Waals surface area (Å²) in [6, 6.07) is 8.93. The van der Waals surface area contributed by atoms with Crippen LogP contribution in [0.5, 0.6) is 0 Å². The lowest BCUT2D eigenvalue weighted by Crippen LogP contribution is -2.10. The Labute approximate surface area is 70.9 Å². The first-order chi connectivity index (χ1) is 5.22. The molecule has 2 N–H and O–H groups in total. The van der Waals surface area contributed by atoms with Crippen molar-refractivity contribution in [2.75, 3.05) is 0 Å². The predicted octanol–water partition coefficient (Wildman–Crippen LogP) is 0.968. The van der Waals surface area contributed by atoms with Gasteiger partial charge in [-0.15, -0.1) is 12.6 Å². The van der Waals surface area contributed by atoms with E-state index in [2.05, 4.69) is 12.6 Å². The van der Waals surface area contributed by atoms with Crippen molar-refractivity contribution in [2.45, 2.75) is 11.5 Å². The molecule has 0 amide bonds. The van der Waals surface area contributed by atoms with Crippen LogP contribution >= 0.6 is 12.6 Å². The Kier molecular flexibility index (Phi) is 2.93. The van der Waals surface area contributed by atoms with Gasteiger partial charge in [0, 0.05) is 0 Å². The number of thiol groups is 1. The van der Waals surface area contributed by atoms with E-state index in [9.17, 15) is 5.11 Å². The van der Waals surface area contributed by atoms with Crippen LogP contribution in [-0.2, 0) is 0 Å². The molecule has 0 aliphatic rings. The number of benzene rings is 1. The summed E-state index contributed by atoms with van der Waals surface area (Å²) in [7, 11) is 0. The molecule has 0 radical (unpaired) electrons. The second-order valence-electron chi connectivity index (χ2n) is 2.27. The molecular formula is C8H10O2S. The molecule has 60 valence electrons. The zero-order chi connectivity index (χ0) is 8.27. The number of hydrogen-bond acceptors (Lipinski definition) is 3. The molecule has 2 unspecified atom stereocenters. The molecule has 0 spiro atoms. The largest absolute Gasteiger partial charge is 0.385 e. The highest BCUT2D eigenvalue weighted by Gasteiger charge is 2.12. The van der Waals surface area contributed by atoms with E-state index in [0.717, 1.165) is 0 Å². The molecule has 0 bridgehead atoms. The number of aliphatic hydroxyl groups excluding tert-OH is 2. The Hall–Kier alpha value is -0.510. The Morgan fingerprint density at radius 3 is 2.09 bits per heavy atom. The summed E-state index contributed by atoms with van der Waals surface area (Å²) in [5.41, 5.74) is -0.340. The molecule has 0 saturated heterocycles. The van der Waals surface area contributed by atoms with Crippen molar-refractivity contribution in [1.29, 1.82) is 0 Å². The van der Waals surface area contributed by atoms with Crippen LogP contribution in [0.4, 0.5) is 0 Å². The third kappa shape index (κ3) is 2.22. The van der Waals surface area contributed by atoms with Gasteiger partial charge in [-0.25, -0.2) is 0 Å². The Morgan fingerprint density at radius 2 is 1.64 bits per heavy atom. The molecule has 1 aromatic rings. The minimum atomic E-state index is -1.02. The van der Waals surface area contributed by atoms with E-state index >= 15 is 0 Å². The van der Waals surface area contributed by atoms with Crippen molar-refractivity contribution >= 4 is 12.6 Å². The summed E-state index contributed by atoms with van der Waals surface area (Å²) < 4.78 is 0. The number of aliphatic hydroxyl groups is 2. The molecule has 0 fully saturated rings. The zero-order valence-electron chi connectivity index (χ0n) is 5.88. The highest BCUT2D eigenvalue weighted by Crippen LogP contribution is 2.17. The first kappa shape index (κ1) is 8.59. The molecule has 2 nitrogen and oxygen atoms in total. The van der Waals surface area contributed by atoms with E-state index in [1.54, 1.807) is 24.3 Å². The topological polar surface area (TPSA) is 40.5 Å². The molecule has 0 aliphatic carbocycles. The molecule has 1 rings (SSSR count). The smallest absolute Gasteiger partial charge is 0.127 e. The van der Waals surface area contributed by atoms with Crippen molar-refractivity contribution in [2.24, 2.45) is 0 Å². The standard InChI is InChI=1S/C8H10O2S/c9-7(8(10)11)6-4-2-1-3-5-6/h1-5,7-11H. The lowest BCUT2D eigenvalue weighted by molar-refractivity contribution is 0.0746. The Bertz CT molecular complexity index is 211. The van der Waals surface area contributed by atoms with Crippen molar-refractivity contribution < 1.29 is 10.2 Å². The van der Waals surface area contributed by atoms with E-state index in [0.29, 0.717) is 5.56 Å². The fraction of sp³-hybridized carbons (Fsp3) is 0.250. The molecular weight excluding hydrogens is 160 g/mol. The molecule has 0 aliphatic heterocycles. The zero-order valence-corrected chi connectivity index (χ0v) is 6.78. The van der Waals surface area contributed by atoms with Crippen molar-refractivity contribution in [1.82, 2.24) is 0 Å². The maximum Gasteiger partial charge on any atom is 0.127 e. The summed E-state index contributed by atoms with van der Waals surface area (Å²) in [5, 5.41) is 18.2. The van der Waals surface area contributed by atoms with Gasteiger partial charge in [0.1, 0.15) is 11.5 Å².